The Bertz CT molecular complexity index is 1150. The van der Waals surface area contributed by atoms with Crippen LogP contribution in [-0.4, -0.2) is 22.0 Å². The minimum Gasteiger partial charge on any atom is -0.372 e. The first kappa shape index (κ1) is 17.3. The van der Waals surface area contributed by atoms with Gasteiger partial charge in [-0.25, -0.2) is 18.7 Å². The molecule has 1 N–H and O–H groups in total. The maximum atomic E-state index is 15.3. The molecule has 0 bridgehead atoms. The van der Waals surface area contributed by atoms with Crippen molar-refractivity contribution in [1.29, 1.82) is 0 Å². The molecule has 0 fully saturated rings. The molecule has 0 radical (unpaired) electrons. The van der Waals surface area contributed by atoms with E-state index in [1.165, 1.54) is 12.1 Å². The SMILES string of the molecule is CNc1nc(-c2cccnc2)nc2ccc(-c3ccc(F)cc3Cl)c(F)c12. The smallest absolute Gasteiger partial charge is 0.163 e. The van der Waals surface area contributed by atoms with Crippen molar-refractivity contribution in [2.45, 2.75) is 0 Å². The van der Waals surface area contributed by atoms with Crippen molar-refractivity contribution in [3.05, 3.63) is 71.5 Å². The fourth-order valence-electron chi connectivity index (χ4n) is 2.91. The maximum absolute atomic E-state index is 15.3. The van der Waals surface area contributed by atoms with Gasteiger partial charge in [0.25, 0.3) is 0 Å². The van der Waals surface area contributed by atoms with Crippen molar-refractivity contribution < 1.29 is 8.78 Å². The molecule has 2 heterocycles. The first-order chi connectivity index (χ1) is 13.1. The average molecular weight is 383 g/mol. The van der Waals surface area contributed by atoms with E-state index in [1.54, 1.807) is 37.6 Å². The lowest BCUT2D eigenvalue weighted by atomic mass is 10.0. The lowest BCUT2D eigenvalue weighted by Crippen LogP contribution is -2.01. The number of anilines is 1. The zero-order valence-corrected chi connectivity index (χ0v) is 14.9. The van der Waals surface area contributed by atoms with Crippen molar-refractivity contribution in [2.75, 3.05) is 12.4 Å². The van der Waals surface area contributed by atoms with Gasteiger partial charge in [0.2, 0.25) is 0 Å². The molecule has 27 heavy (non-hydrogen) atoms. The van der Waals surface area contributed by atoms with Crippen molar-refractivity contribution in [3.63, 3.8) is 0 Å². The summed E-state index contributed by atoms with van der Waals surface area (Å²) in [7, 11) is 1.66. The third-order valence-electron chi connectivity index (χ3n) is 4.18. The predicted molar refractivity (Wildman–Crippen MR) is 103 cm³/mol. The number of nitrogens with zero attached hydrogens (tertiary/aromatic N) is 3. The Morgan fingerprint density at radius 2 is 1.81 bits per heavy atom. The van der Waals surface area contributed by atoms with E-state index < -0.39 is 11.6 Å². The summed E-state index contributed by atoms with van der Waals surface area (Å²) in [5, 5.41) is 3.29. The summed E-state index contributed by atoms with van der Waals surface area (Å²) in [6.45, 7) is 0. The van der Waals surface area contributed by atoms with E-state index in [-0.39, 0.29) is 16.0 Å². The molecule has 0 aliphatic carbocycles. The van der Waals surface area contributed by atoms with Gasteiger partial charge in [0, 0.05) is 36.1 Å². The lowest BCUT2D eigenvalue weighted by molar-refractivity contribution is 0.627. The highest BCUT2D eigenvalue weighted by atomic mass is 35.5. The zero-order chi connectivity index (χ0) is 19.0. The summed E-state index contributed by atoms with van der Waals surface area (Å²) < 4.78 is 28.7. The number of aromatic nitrogens is 3. The number of nitrogens with one attached hydrogen (secondary N) is 1. The summed E-state index contributed by atoms with van der Waals surface area (Å²) in [5.41, 5.74) is 1.81. The Morgan fingerprint density at radius 1 is 1.00 bits per heavy atom. The molecule has 0 unspecified atom stereocenters. The zero-order valence-electron chi connectivity index (χ0n) is 14.2. The van der Waals surface area contributed by atoms with Crippen molar-refractivity contribution in [3.8, 4) is 22.5 Å². The molecule has 0 amide bonds. The maximum Gasteiger partial charge on any atom is 0.163 e. The third-order valence-corrected chi connectivity index (χ3v) is 4.49. The fraction of sp³-hybridized carbons (Fsp3) is 0.0500. The van der Waals surface area contributed by atoms with Crippen molar-refractivity contribution in [1.82, 2.24) is 15.0 Å². The minimum absolute atomic E-state index is 0.132. The molecule has 0 aliphatic rings. The number of benzene rings is 2. The normalized spacial score (nSPS) is 11.0. The first-order valence-corrected chi connectivity index (χ1v) is 8.50. The number of rotatable bonds is 3. The van der Waals surface area contributed by atoms with E-state index >= 15 is 4.39 Å². The molecular weight excluding hydrogens is 370 g/mol. The van der Waals surface area contributed by atoms with Crippen LogP contribution in [0.15, 0.2) is 54.9 Å². The Labute approximate surface area is 158 Å². The highest BCUT2D eigenvalue weighted by Crippen LogP contribution is 2.36. The highest BCUT2D eigenvalue weighted by Gasteiger charge is 2.18. The molecule has 0 aliphatic heterocycles. The van der Waals surface area contributed by atoms with Crippen LogP contribution in [0, 0.1) is 11.6 Å². The van der Waals surface area contributed by atoms with E-state index in [4.69, 9.17) is 11.6 Å². The van der Waals surface area contributed by atoms with Crippen LogP contribution in [0.4, 0.5) is 14.6 Å². The fourth-order valence-corrected chi connectivity index (χ4v) is 3.18. The molecule has 2 aromatic carbocycles. The van der Waals surface area contributed by atoms with Crippen LogP contribution >= 0.6 is 11.6 Å². The minimum atomic E-state index is -0.525. The topological polar surface area (TPSA) is 50.7 Å². The van der Waals surface area contributed by atoms with Gasteiger partial charge in [-0.05, 0) is 42.5 Å². The summed E-state index contributed by atoms with van der Waals surface area (Å²) in [6, 6.07) is 10.7. The average Bonchev–Trinajstić information content (AvgIpc) is 2.69. The third kappa shape index (κ3) is 3.08. The Hall–Kier alpha value is -3.12. The standard InChI is InChI=1S/C20H13ClF2N4/c1-24-20-17-16(26-19(27-20)11-3-2-8-25-10-11)7-6-14(18(17)23)13-5-4-12(22)9-15(13)21/h2-10H,1H3,(H,24,26,27). The van der Waals surface area contributed by atoms with Crippen LogP contribution in [0.1, 0.15) is 0 Å². The van der Waals surface area contributed by atoms with E-state index in [2.05, 4.69) is 20.3 Å². The summed E-state index contributed by atoms with van der Waals surface area (Å²) >= 11 is 6.11. The lowest BCUT2D eigenvalue weighted by Gasteiger charge is -2.12. The van der Waals surface area contributed by atoms with Gasteiger partial charge < -0.3 is 5.32 Å². The predicted octanol–water partition coefficient (Wildman–Crippen LogP) is 5.33. The van der Waals surface area contributed by atoms with Gasteiger partial charge in [-0.1, -0.05) is 11.6 Å². The summed E-state index contributed by atoms with van der Waals surface area (Å²) in [4.78, 5) is 13.0. The van der Waals surface area contributed by atoms with E-state index in [1.807, 2.05) is 6.07 Å². The Balaban J connectivity index is 1.95. The molecule has 0 spiro atoms. The molecule has 0 saturated carbocycles. The Morgan fingerprint density at radius 3 is 2.52 bits per heavy atom. The van der Waals surface area contributed by atoms with Crippen LogP contribution in [0.2, 0.25) is 5.02 Å². The van der Waals surface area contributed by atoms with Crippen LogP contribution in [0.5, 0.6) is 0 Å². The quantitative estimate of drug-likeness (QED) is 0.520. The van der Waals surface area contributed by atoms with Gasteiger partial charge in [0.1, 0.15) is 17.5 Å². The van der Waals surface area contributed by atoms with E-state index in [9.17, 15) is 4.39 Å². The molecule has 0 saturated heterocycles. The molecular formula is C20H13ClF2N4. The molecule has 4 aromatic rings. The first-order valence-electron chi connectivity index (χ1n) is 8.12. The number of hydrogen-bond acceptors (Lipinski definition) is 4. The molecule has 134 valence electrons. The second-order valence-corrected chi connectivity index (χ2v) is 6.24. The molecule has 2 aromatic heterocycles. The number of hydrogen-bond donors (Lipinski definition) is 1. The van der Waals surface area contributed by atoms with Crippen LogP contribution in [0.25, 0.3) is 33.4 Å². The van der Waals surface area contributed by atoms with Crippen LogP contribution in [0.3, 0.4) is 0 Å². The van der Waals surface area contributed by atoms with Gasteiger partial charge in [-0.15, -0.1) is 0 Å². The van der Waals surface area contributed by atoms with Gasteiger partial charge >= 0.3 is 0 Å². The number of halogens is 3. The van der Waals surface area contributed by atoms with Crippen molar-refractivity contribution >= 4 is 28.3 Å². The van der Waals surface area contributed by atoms with E-state index in [0.29, 0.717) is 22.7 Å². The Kier molecular flexibility index (Phi) is 4.41. The van der Waals surface area contributed by atoms with E-state index in [0.717, 1.165) is 11.6 Å². The van der Waals surface area contributed by atoms with Crippen molar-refractivity contribution in [2.24, 2.45) is 0 Å². The largest absolute Gasteiger partial charge is 0.372 e. The molecule has 4 nitrogen and oxygen atoms in total. The molecule has 0 atom stereocenters. The molecule has 4 rings (SSSR count). The molecule has 7 heteroatoms. The second kappa shape index (κ2) is 6.89. The summed E-state index contributed by atoms with van der Waals surface area (Å²) in [5.74, 6) is -0.225. The van der Waals surface area contributed by atoms with Gasteiger partial charge in [0.15, 0.2) is 5.82 Å². The highest BCUT2D eigenvalue weighted by molar-refractivity contribution is 6.33. The van der Waals surface area contributed by atoms with Gasteiger partial charge in [-0.3, -0.25) is 4.98 Å². The van der Waals surface area contributed by atoms with Gasteiger partial charge in [0.05, 0.1) is 15.9 Å². The number of pyridine rings is 1. The number of fused-ring (bicyclic) bond motifs is 1. The van der Waals surface area contributed by atoms with Gasteiger partial charge in [-0.2, -0.15) is 0 Å². The van der Waals surface area contributed by atoms with Crippen LogP contribution < -0.4 is 5.32 Å². The second-order valence-electron chi connectivity index (χ2n) is 5.83. The monoisotopic (exact) mass is 382 g/mol. The summed E-state index contributed by atoms with van der Waals surface area (Å²) in [6.07, 6.45) is 3.30. The van der Waals surface area contributed by atoms with Crippen LogP contribution in [-0.2, 0) is 0 Å².